The van der Waals surface area contributed by atoms with Crippen LogP contribution in [-0.2, 0) is 11.8 Å². The van der Waals surface area contributed by atoms with Gasteiger partial charge in [0.15, 0.2) is 5.82 Å². The molecule has 146 valence electrons. The predicted octanol–water partition coefficient (Wildman–Crippen LogP) is 2.46. The molecule has 7 nitrogen and oxygen atoms in total. The fourth-order valence-corrected chi connectivity index (χ4v) is 3.67. The van der Waals surface area contributed by atoms with Crippen LogP contribution in [0.15, 0.2) is 24.3 Å². The molecule has 4 rings (SSSR count). The van der Waals surface area contributed by atoms with Crippen molar-refractivity contribution in [1.82, 2.24) is 20.1 Å². The summed E-state index contributed by atoms with van der Waals surface area (Å²) in [7, 11) is 1.82. The average Bonchev–Trinajstić information content (AvgIpc) is 3.33. The van der Waals surface area contributed by atoms with Gasteiger partial charge >= 0.3 is 0 Å². The molecule has 0 aliphatic carbocycles. The smallest absolute Gasteiger partial charge is 0.258 e. The molecule has 2 aliphatic rings. The summed E-state index contributed by atoms with van der Waals surface area (Å²) in [6, 6.07) is 7.78. The molecule has 0 spiro atoms. The summed E-state index contributed by atoms with van der Waals surface area (Å²) in [6.07, 6.45) is 3.07. The summed E-state index contributed by atoms with van der Waals surface area (Å²) in [5, 5.41) is 10.8. The molecule has 1 atom stereocenters. The van der Waals surface area contributed by atoms with E-state index in [0.29, 0.717) is 23.3 Å². The molecule has 2 aromatic rings. The molecular formula is C19H26ClN5O2. The molecule has 2 aliphatic heterocycles. The molecule has 2 saturated heterocycles. The van der Waals surface area contributed by atoms with Crippen molar-refractivity contribution in [2.24, 2.45) is 7.05 Å². The van der Waals surface area contributed by atoms with E-state index in [0.717, 1.165) is 57.0 Å². The zero-order valence-corrected chi connectivity index (χ0v) is 16.3. The zero-order valence-electron chi connectivity index (χ0n) is 15.5. The van der Waals surface area contributed by atoms with Crippen molar-refractivity contribution in [2.45, 2.75) is 31.1 Å². The Labute approximate surface area is 165 Å². The Balaban J connectivity index is 0.00000210. The van der Waals surface area contributed by atoms with Crippen LogP contribution >= 0.6 is 12.4 Å². The van der Waals surface area contributed by atoms with Crippen LogP contribution in [0.1, 0.15) is 52.8 Å². The van der Waals surface area contributed by atoms with E-state index < -0.39 is 0 Å². The lowest BCUT2D eigenvalue weighted by molar-refractivity contribution is 0.102. The van der Waals surface area contributed by atoms with Crippen molar-refractivity contribution in [2.75, 3.05) is 31.6 Å². The Hall–Kier alpha value is -1.96. The second kappa shape index (κ2) is 8.82. The minimum Gasteiger partial charge on any atom is -0.381 e. The molecule has 1 aromatic carbocycles. The Kier molecular flexibility index (Phi) is 6.46. The number of aryl methyl sites for hydroxylation is 1. The van der Waals surface area contributed by atoms with Crippen LogP contribution in [0.4, 0.5) is 5.95 Å². The van der Waals surface area contributed by atoms with Crippen molar-refractivity contribution in [3.63, 3.8) is 0 Å². The second-order valence-electron chi connectivity index (χ2n) is 7.08. The highest BCUT2D eigenvalue weighted by atomic mass is 35.5. The molecule has 1 amide bonds. The molecule has 1 aromatic heterocycles. The third kappa shape index (κ3) is 4.48. The molecule has 2 N–H and O–H groups in total. The predicted molar refractivity (Wildman–Crippen MR) is 106 cm³/mol. The summed E-state index contributed by atoms with van der Waals surface area (Å²) >= 11 is 0. The normalized spacial score (nSPS) is 20.3. The van der Waals surface area contributed by atoms with Crippen molar-refractivity contribution < 1.29 is 9.53 Å². The molecular weight excluding hydrogens is 366 g/mol. The maximum absolute atomic E-state index is 12.7. The molecule has 2 fully saturated rings. The number of aromatic nitrogens is 3. The number of hydrogen-bond acceptors (Lipinski definition) is 5. The van der Waals surface area contributed by atoms with Crippen molar-refractivity contribution in [1.29, 1.82) is 0 Å². The largest absolute Gasteiger partial charge is 0.381 e. The summed E-state index contributed by atoms with van der Waals surface area (Å²) in [6.45, 7) is 3.50. The van der Waals surface area contributed by atoms with Gasteiger partial charge in [-0.1, -0.05) is 12.1 Å². The molecule has 1 unspecified atom stereocenters. The van der Waals surface area contributed by atoms with Crippen LogP contribution in [0.25, 0.3) is 0 Å². The van der Waals surface area contributed by atoms with Gasteiger partial charge in [0, 0.05) is 31.1 Å². The molecule has 0 saturated carbocycles. The average molecular weight is 392 g/mol. The van der Waals surface area contributed by atoms with Crippen molar-refractivity contribution >= 4 is 24.3 Å². The monoisotopic (exact) mass is 391 g/mol. The van der Waals surface area contributed by atoms with E-state index in [1.165, 1.54) is 0 Å². The lowest BCUT2D eigenvalue weighted by atomic mass is 9.96. The van der Waals surface area contributed by atoms with Gasteiger partial charge < -0.3 is 10.1 Å². The third-order valence-electron chi connectivity index (χ3n) is 5.26. The summed E-state index contributed by atoms with van der Waals surface area (Å²) in [5.41, 5.74) is 1.80. The van der Waals surface area contributed by atoms with Gasteiger partial charge in [-0.2, -0.15) is 10.1 Å². The molecule has 27 heavy (non-hydrogen) atoms. The van der Waals surface area contributed by atoms with E-state index in [9.17, 15) is 4.79 Å². The Morgan fingerprint density at radius 3 is 2.81 bits per heavy atom. The van der Waals surface area contributed by atoms with Gasteiger partial charge in [0.05, 0.1) is 6.61 Å². The number of amides is 1. The van der Waals surface area contributed by atoms with E-state index in [-0.39, 0.29) is 18.3 Å². The number of carbonyl (C=O) groups excluding carboxylic acids is 1. The Bertz CT molecular complexity index is 782. The minimum atomic E-state index is -0.155. The van der Waals surface area contributed by atoms with E-state index in [1.807, 2.05) is 25.2 Å². The summed E-state index contributed by atoms with van der Waals surface area (Å²) in [5.74, 6) is 1.90. The first-order valence-electron chi connectivity index (χ1n) is 9.31. The highest BCUT2D eigenvalue weighted by Crippen LogP contribution is 2.26. The standard InChI is InChI=1S/C19H25N5O2.ClH/c1-24-19(21-17(23-24)13-5-8-20-9-6-13)22-18(25)15-4-2-3-14(11-15)16-7-10-26-12-16;/h2-4,11,13,16,20H,5-10,12H2,1H3,(H,21,22,23,25);1H. The highest BCUT2D eigenvalue weighted by molar-refractivity contribution is 6.03. The number of carbonyl (C=O) groups is 1. The van der Waals surface area contributed by atoms with Gasteiger partial charge in [0.1, 0.15) is 0 Å². The van der Waals surface area contributed by atoms with Crippen LogP contribution < -0.4 is 10.6 Å². The number of hydrogen-bond donors (Lipinski definition) is 2. The lowest BCUT2D eigenvalue weighted by Gasteiger charge is -2.19. The maximum Gasteiger partial charge on any atom is 0.258 e. The van der Waals surface area contributed by atoms with E-state index >= 15 is 0 Å². The van der Waals surface area contributed by atoms with E-state index in [1.54, 1.807) is 4.68 Å². The van der Waals surface area contributed by atoms with Crippen molar-refractivity contribution in [3.05, 3.63) is 41.2 Å². The quantitative estimate of drug-likeness (QED) is 0.836. The van der Waals surface area contributed by atoms with Gasteiger partial charge in [-0.25, -0.2) is 4.68 Å². The van der Waals surface area contributed by atoms with Crippen LogP contribution in [-0.4, -0.2) is 47.0 Å². The van der Waals surface area contributed by atoms with Gasteiger partial charge in [0.25, 0.3) is 5.91 Å². The third-order valence-corrected chi connectivity index (χ3v) is 5.26. The van der Waals surface area contributed by atoms with Crippen LogP contribution in [0.5, 0.6) is 0 Å². The first-order chi connectivity index (χ1) is 12.7. The molecule has 3 heterocycles. The van der Waals surface area contributed by atoms with Crippen molar-refractivity contribution in [3.8, 4) is 0 Å². The number of piperidine rings is 1. The second-order valence-corrected chi connectivity index (χ2v) is 7.08. The first kappa shape index (κ1) is 19.8. The SMILES string of the molecule is Cl.Cn1nc(C2CCNCC2)nc1NC(=O)c1cccc(C2CCOC2)c1. The minimum absolute atomic E-state index is 0. The van der Waals surface area contributed by atoms with E-state index in [4.69, 9.17) is 4.74 Å². The van der Waals surface area contributed by atoms with Crippen LogP contribution in [0.3, 0.4) is 0 Å². The number of benzene rings is 1. The molecule has 0 bridgehead atoms. The van der Waals surface area contributed by atoms with Gasteiger partial charge in [-0.3, -0.25) is 10.1 Å². The van der Waals surface area contributed by atoms with Crippen LogP contribution in [0, 0.1) is 0 Å². The first-order valence-corrected chi connectivity index (χ1v) is 9.31. The number of ether oxygens (including phenoxy) is 1. The van der Waals surface area contributed by atoms with E-state index in [2.05, 4.69) is 26.8 Å². The molecule has 8 heteroatoms. The summed E-state index contributed by atoms with van der Waals surface area (Å²) in [4.78, 5) is 17.3. The zero-order chi connectivity index (χ0) is 17.9. The lowest BCUT2D eigenvalue weighted by Crippen LogP contribution is -2.27. The number of halogens is 1. The van der Waals surface area contributed by atoms with Gasteiger partial charge in [-0.15, -0.1) is 12.4 Å². The van der Waals surface area contributed by atoms with Crippen LogP contribution in [0.2, 0.25) is 0 Å². The van der Waals surface area contributed by atoms with Gasteiger partial charge in [0.2, 0.25) is 5.95 Å². The maximum atomic E-state index is 12.7. The molecule has 0 radical (unpaired) electrons. The highest BCUT2D eigenvalue weighted by Gasteiger charge is 2.22. The number of nitrogens with zero attached hydrogens (tertiary/aromatic N) is 3. The fourth-order valence-electron chi connectivity index (χ4n) is 3.67. The summed E-state index contributed by atoms with van der Waals surface area (Å²) < 4.78 is 7.11. The Morgan fingerprint density at radius 1 is 1.26 bits per heavy atom. The number of anilines is 1. The Morgan fingerprint density at radius 2 is 2.07 bits per heavy atom. The number of rotatable bonds is 4. The van der Waals surface area contributed by atoms with Gasteiger partial charge in [-0.05, 0) is 50.0 Å². The topological polar surface area (TPSA) is 81.1 Å². The fraction of sp³-hybridized carbons (Fsp3) is 0.526. The number of nitrogens with one attached hydrogen (secondary N) is 2.